The first-order valence-corrected chi connectivity index (χ1v) is 3.62. The van der Waals surface area contributed by atoms with Crippen LogP contribution in [-0.4, -0.2) is 12.8 Å². The molecule has 0 rings (SSSR count). The first-order valence-electron chi connectivity index (χ1n) is 3.62. The summed E-state index contributed by atoms with van der Waals surface area (Å²) < 4.78 is 24.0. The third kappa shape index (κ3) is 5.73. The van der Waals surface area contributed by atoms with Gasteiger partial charge in [-0.15, -0.1) is 6.58 Å². The molecule has 0 nitrogen and oxygen atoms in total. The van der Waals surface area contributed by atoms with Crippen molar-refractivity contribution in [2.75, 3.05) is 6.67 Å². The van der Waals surface area contributed by atoms with E-state index in [1.807, 2.05) is 0 Å². The SMILES string of the molecule is C=CCC(F)CCCCF. The third-order valence-corrected chi connectivity index (χ3v) is 1.32. The van der Waals surface area contributed by atoms with Gasteiger partial charge < -0.3 is 0 Å². The van der Waals surface area contributed by atoms with Crippen molar-refractivity contribution in [1.29, 1.82) is 0 Å². The zero-order chi connectivity index (χ0) is 7.82. The molecule has 0 saturated carbocycles. The Kier molecular flexibility index (Phi) is 6.45. The summed E-state index contributed by atoms with van der Waals surface area (Å²) in [5.74, 6) is 0. The molecule has 0 radical (unpaired) electrons. The fraction of sp³-hybridized carbons (Fsp3) is 0.750. The molecule has 0 spiro atoms. The lowest BCUT2D eigenvalue weighted by Gasteiger charge is -2.02. The van der Waals surface area contributed by atoms with Crippen LogP contribution in [0.5, 0.6) is 0 Å². The molecule has 0 aliphatic rings. The van der Waals surface area contributed by atoms with Crippen LogP contribution < -0.4 is 0 Å². The summed E-state index contributed by atoms with van der Waals surface area (Å²) in [5.41, 5.74) is 0. The molecule has 0 bridgehead atoms. The zero-order valence-corrected chi connectivity index (χ0v) is 6.15. The maximum atomic E-state index is 12.5. The van der Waals surface area contributed by atoms with E-state index in [0.717, 1.165) is 0 Å². The Balaban J connectivity index is 3.04. The highest BCUT2D eigenvalue weighted by Gasteiger charge is 2.01. The van der Waals surface area contributed by atoms with E-state index in [4.69, 9.17) is 0 Å². The molecular formula is C8H14F2. The van der Waals surface area contributed by atoms with E-state index < -0.39 is 6.17 Å². The average molecular weight is 148 g/mol. The third-order valence-electron chi connectivity index (χ3n) is 1.32. The molecule has 0 aliphatic carbocycles. The Hall–Kier alpha value is -0.400. The van der Waals surface area contributed by atoms with E-state index in [1.54, 1.807) is 6.08 Å². The largest absolute Gasteiger partial charge is 0.251 e. The summed E-state index contributed by atoms with van der Waals surface area (Å²) in [5, 5.41) is 0. The Bertz CT molecular complexity index is 81.3. The van der Waals surface area contributed by atoms with Crippen LogP contribution in [0.4, 0.5) is 8.78 Å². The van der Waals surface area contributed by atoms with Gasteiger partial charge in [0.1, 0.15) is 6.17 Å². The molecule has 1 unspecified atom stereocenters. The van der Waals surface area contributed by atoms with Crippen molar-refractivity contribution in [3.05, 3.63) is 12.7 Å². The van der Waals surface area contributed by atoms with Gasteiger partial charge in [0.2, 0.25) is 0 Å². The Labute approximate surface area is 60.9 Å². The number of hydrogen-bond acceptors (Lipinski definition) is 0. The van der Waals surface area contributed by atoms with E-state index in [0.29, 0.717) is 25.7 Å². The lowest BCUT2D eigenvalue weighted by molar-refractivity contribution is 0.302. The molecule has 60 valence electrons. The van der Waals surface area contributed by atoms with Crippen molar-refractivity contribution in [3.8, 4) is 0 Å². The van der Waals surface area contributed by atoms with Gasteiger partial charge in [0.25, 0.3) is 0 Å². The van der Waals surface area contributed by atoms with Crippen molar-refractivity contribution >= 4 is 0 Å². The second-order valence-electron chi connectivity index (χ2n) is 2.31. The molecule has 0 aromatic rings. The van der Waals surface area contributed by atoms with Gasteiger partial charge >= 0.3 is 0 Å². The van der Waals surface area contributed by atoms with Crippen LogP contribution in [0.2, 0.25) is 0 Å². The lowest BCUT2D eigenvalue weighted by Crippen LogP contribution is -1.97. The highest BCUT2D eigenvalue weighted by molar-refractivity contribution is 4.72. The molecule has 0 N–H and O–H groups in total. The summed E-state index contributed by atoms with van der Waals surface area (Å²) >= 11 is 0. The maximum Gasteiger partial charge on any atom is 0.104 e. The van der Waals surface area contributed by atoms with Gasteiger partial charge in [-0.1, -0.05) is 6.08 Å². The van der Waals surface area contributed by atoms with Gasteiger partial charge in [0.05, 0.1) is 6.67 Å². The summed E-state index contributed by atoms with van der Waals surface area (Å²) in [6.45, 7) is 3.08. The number of halogens is 2. The minimum Gasteiger partial charge on any atom is -0.251 e. The molecular weight excluding hydrogens is 134 g/mol. The highest BCUT2D eigenvalue weighted by Crippen LogP contribution is 2.08. The molecule has 10 heavy (non-hydrogen) atoms. The topological polar surface area (TPSA) is 0 Å². The van der Waals surface area contributed by atoms with E-state index in [-0.39, 0.29) is 6.67 Å². The summed E-state index contributed by atoms with van der Waals surface area (Å²) in [4.78, 5) is 0. The fourth-order valence-electron chi connectivity index (χ4n) is 0.759. The highest BCUT2D eigenvalue weighted by atomic mass is 19.1. The Morgan fingerprint density at radius 2 is 2.10 bits per heavy atom. The predicted molar refractivity (Wildman–Crippen MR) is 39.5 cm³/mol. The minimum atomic E-state index is -0.816. The van der Waals surface area contributed by atoms with Gasteiger partial charge in [0, 0.05) is 0 Å². The quantitative estimate of drug-likeness (QED) is 0.401. The van der Waals surface area contributed by atoms with E-state index in [9.17, 15) is 8.78 Å². The van der Waals surface area contributed by atoms with Gasteiger partial charge in [-0.05, 0) is 25.7 Å². The first kappa shape index (κ1) is 9.60. The molecule has 0 heterocycles. The number of unbranched alkanes of at least 4 members (excludes halogenated alkanes) is 1. The number of alkyl halides is 2. The van der Waals surface area contributed by atoms with Crippen molar-refractivity contribution in [3.63, 3.8) is 0 Å². The number of hydrogen-bond donors (Lipinski definition) is 0. The second kappa shape index (κ2) is 6.72. The van der Waals surface area contributed by atoms with Gasteiger partial charge in [-0.25, -0.2) is 4.39 Å². The van der Waals surface area contributed by atoms with Crippen molar-refractivity contribution in [2.45, 2.75) is 31.9 Å². The molecule has 0 amide bonds. The fourth-order valence-corrected chi connectivity index (χ4v) is 0.759. The molecule has 0 aromatic heterocycles. The summed E-state index contributed by atoms with van der Waals surface area (Å²) in [6.07, 6.45) is 2.73. The minimum absolute atomic E-state index is 0.333. The van der Waals surface area contributed by atoms with Crippen molar-refractivity contribution in [1.82, 2.24) is 0 Å². The normalized spacial score (nSPS) is 13.0. The van der Waals surface area contributed by atoms with E-state index in [1.165, 1.54) is 0 Å². The molecule has 0 saturated heterocycles. The van der Waals surface area contributed by atoms with Gasteiger partial charge in [0.15, 0.2) is 0 Å². The molecule has 0 aromatic carbocycles. The Morgan fingerprint density at radius 1 is 1.40 bits per heavy atom. The smallest absolute Gasteiger partial charge is 0.104 e. The number of rotatable bonds is 6. The maximum absolute atomic E-state index is 12.5. The van der Waals surface area contributed by atoms with Crippen molar-refractivity contribution in [2.24, 2.45) is 0 Å². The predicted octanol–water partition coefficient (Wildman–Crippen LogP) is 3.04. The van der Waals surface area contributed by atoms with Crippen LogP contribution in [0.15, 0.2) is 12.7 Å². The molecule has 2 heteroatoms. The van der Waals surface area contributed by atoms with Crippen LogP contribution in [0.1, 0.15) is 25.7 Å². The van der Waals surface area contributed by atoms with Crippen LogP contribution in [0.3, 0.4) is 0 Å². The molecule has 1 atom stereocenters. The Morgan fingerprint density at radius 3 is 2.60 bits per heavy atom. The van der Waals surface area contributed by atoms with Crippen LogP contribution in [0, 0.1) is 0 Å². The van der Waals surface area contributed by atoms with Gasteiger partial charge in [-0.3, -0.25) is 4.39 Å². The number of allylic oxidation sites excluding steroid dienone is 1. The summed E-state index contributed by atoms with van der Waals surface area (Å²) in [7, 11) is 0. The van der Waals surface area contributed by atoms with E-state index in [2.05, 4.69) is 6.58 Å². The van der Waals surface area contributed by atoms with Crippen LogP contribution in [0.25, 0.3) is 0 Å². The van der Waals surface area contributed by atoms with Crippen LogP contribution >= 0.6 is 0 Å². The zero-order valence-electron chi connectivity index (χ0n) is 6.15. The summed E-state index contributed by atoms with van der Waals surface area (Å²) in [6, 6.07) is 0. The van der Waals surface area contributed by atoms with Crippen molar-refractivity contribution < 1.29 is 8.78 Å². The monoisotopic (exact) mass is 148 g/mol. The first-order chi connectivity index (χ1) is 4.81. The van der Waals surface area contributed by atoms with Gasteiger partial charge in [-0.2, -0.15) is 0 Å². The second-order valence-corrected chi connectivity index (χ2v) is 2.31. The lowest BCUT2D eigenvalue weighted by atomic mass is 10.1. The van der Waals surface area contributed by atoms with Crippen LogP contribution in [-0.2, 0) is 0 Å². The molecule has 0 fully saturated rings. The standard InChI is InChI=1S/C8H14F2/c1-2-5-8(10)6-3-4-7-9/h2,8H,1,3-7H2. The average Bonchev–Trinajstić information content (AvgIpc) is 1.89. The van der Waals surface area contributed by atoms with E-state index >= 15 is 0 Å². The molecule has 0 aliphatic heterocycles.